The number of nitrogens with zero attached hydrogens (tertiary/aromatic N) is 4. The molecule has 0 bridgehead atoms. The first-order chi connectivity index (χ1) is 17.8. The number of benzene rings is 1. The van der Waals surface area contributed by atoms with Crippen molar-refractivity contribution in [3.05, 3.63) is 48.4 Å². The fourth-order valence-electron chi connectivity index (χ4n) is 5.21. The van der Waals surface area contributed by atoms with Crippen molar-refractivity contribution in [3.63, 3.8) is 0 Å². The SMILES string of the molecule is CNS(=O)(=O)c1ccc(-c2ccc3nc(OCCC4(c5cnno5)CCNCC4C(C)C)sc3n2)cc1. The lowest BCUT2D eigenvalue weighted by Crippen LogP contribution is -2.50. The van der Waals surface area contributed by atoms with Crippen LogP contribution in [0.4, 0.5) is 0 Å². The zero-order valence-corrected chi connectivity index (χ0v) is 22.6. The molecule has 10 nitrogen and oxygen atoms in total. The lowest BCUT2D eigenvalue weighted by atomic mass is 9.63. The summed E-state index contributed by atoms with van der Waals surface area (Å²) in [5.41, 5.74) is 2.12. The lowest BCUT2D eigenvalue weighted by Gasteiger charge is -2.44. The third-order valence-corrected chi connectivity index (χ3v) is 9.53. The Bertz CT molecular complexity index is 1450. The Hall–Kier alpha value is -2.93. The summed E-state index contributed by atoms with van der Waals surface area (Å²) in [5, 5.41) is 11.8. The summed E-state index contributed by atoms with van der Waals surface area (Å²) in [6.07, 6.45) is 3.44. The molecular formula is C25H30N6O4S2. The highest BCUT2D eigenvalue weighted by atomic mass is 32.2. The predicted molar refractivity (Wildman–Crippen MR) is 141 cm³/mol. The summed E-state index contributed by atoms with van der Waals surface area (Å²) in [4.78, 5) is 10.3. The summed E-state index contributed by atoms with van der Waals surface area (Å²) >= 11 is 1.40. The fourth-order valence-corrected chi connectivity index (χ4v) is 6.76. The molecule has 5 rings (SSSR count). The highest BCUT2D eigenvalue weighted by molar-refractivity contribution is 7.89. The molecule has 1 aliphatic rings. The Labute approximate surface area is 219 Å². The van der Waals surface area contributed by atoms with Gasteiger partial charge in [0.15, 0.2) is 5.76 Å². The molecule has 1 aromatic carbocycles. The second-order valence-electron chi connectivity index (χ2n) is 9.57. The largest absolute Gasteiger partial charge is 0.470 e. The number of hydrogen-bond acceptors (Lipinski definition) is 10. The second kappa shape index (κ2) is 10.4. The van der Waals surface area contributed by atoms with Crippen LogP contribution in [-0.4, -0.2) is 55.5 Å². The Balaban J connectivity index is 1.32. The van der Waals surface area contributed by atoms with Crippen LogP contribution in [0.15, 0.2) is 52.0 Å². The average Bonchev–Trinajstić information content (AvgIpc) is 3.59. The third kappa shape index (κ3) is 5.11. The maximum Gasteiger partial charge on any atom is 0.275 e. The number of aromatic nitrogens is 4. The van der Waals surface area contributed by atoms with Crippen molar-refractivity contribution >= 4 is 31.7 Å². The first kappa shape index (κ1) is 25.7. The van der Waals surface area contributed by atoms with E-state index in [-0.39, 0.29) is 10.3 Å². The van der Waals surface area contributed by atoms with E-state index in [1.165, 1.54) is 18.4 Å². The summed E-state index contributed by atoms with van der Waals surface area (Å²) in [6, 6.07) is 10.4. The molecule has 2 N–H and O–H groups in total. The Kier molecular flexibility index (Phi) is 7.26. The topological polar surface area (TPSA) is 132 Å². The molecule has 37 heavy (non-hydrogen) atoms. The van der Waals surface area contributed by atoms with Gasteiger partial charge in [-0.15, -0.1) is 5.10 Å². The van der Waals surface area contributed by atoms with Crippen LogP contribution in [0.2, 0.25) is 0 Å². The molecule has 3 aromatic heterocycles. The van der Waals surface area contributed by atoms with Crippen LogP contribution in [0.5, 0.6) is 5.19 Å². The Morgan fingerprint density at radius 2 is 2.03 bits per heavy atom. The molecular weight excluding hydrogens is 512 g/mol. The normalized spacial score (nSPS) is 20.5. The molecule has 0 spiro atoms. The van der Waals surface area contributed by atoms with Gasteiger partial charge in [0.25, 0.3) is 5.19 Å². The molecule has 12 heteroatoms. The molecule has 0 amide bonds. The zero-order valence-electron chi connectivity index (χ0n) is 21.0. The summed E-state index contributed by atoms with van der Waals surface area (Å²) < 4.78 is 38.0. The first-order valence-corrected chi connectivity index (χ1v) is 14.6. The van der Waals surface area contributed by atoms with E-state index in [2.05, 4.69) is 39.2 Å². The number of ether oxygens (including phenoxy) is 1. The summed E-state index contributed by atoms with van der Waals surface area (Å²) in [6.45, 7) is 6.77. The van der Waals surface area contributed by atoms with Crippen molar-refractivity contribution in [2.24, 2.45) is 11.8 Å². The minimum absolute atomic E-state index is 0.196. The molecule has 2 atom stereocenters. The first-order valence-electron chi connectivity index (χ1n) is 12.3. The quantitative estimate of drug-likeness (QED) is 0.325. The van der Waals surface area contributed by atoms with E-state index in [1.807, 2.05) is 12.1 Å². The average molecular weight is 543 g/mol. The van der Waals surface area contributed by atoms with Crippen LogP contribution < -0.4 is 14.8 Å². The molecule has 1 saturated heterocycles. The van der Waals surface area contributed by atoms with Crippen molar-refractivity contribution in [1.29, 1.82) is 0 Å². The van der Waals surface area contributed by atoms with Gasteiger partial charge in [0.05, 0.1) is 23.4 Å². The number of sulfonamides is 1. The number of hydrogen-bond donors (Lipinski definition) is 2. The number of piperidine rings is 1. The van der Waals surface area contributed by atoms with Gasteiger partial charge < -0.3 is 14.6 Å². The molecule has 1 aliphatic heterocycles. The van der Waals surface area contributed by atoms with Gasteiger partial charge in [-0.25, -0.2) is 23.1 Å². The molecule has 1 fully saturated rings. The highest BCUT2D eigenvalue weighted by Crippen LogP contribution is 2.44. The van der Waals surface area contributed by atoms with Crippen molar-refractivity contribution in [2.45, 2.75) is 37.0 Å². The molecule has 4 aromatic rings. The summed E-state index contributed by atoms with van der Waals surface area (Å²) in [5.74, 6) is 1.64. The second-order valence-corrected chi connectivity index (χ2v) is 12.4. The van der Waals surface area contributed by atoms with Crippen LogP contribution >= 0.6 is 11.3 Å². The van der Waals surface area contributed by atoms with Gasteiger partial charge in [-0.1, -0.05) is 37.3 Å². The number of thiazole rings is 1. The molecule has 2 unspecified atom stereocenters. The fraction of sp³-hybridized carbons (Fsp3) is 0.440. The monoisotopic (exact) mass is 542 g/mol. The van der Waals surface area contributed by atoms with E-state index in [0.717, 1.165) is 53.3 Å². The van der Waals surface area contributed by atoms with Gasteiger partial charge in [-0.05, 0) is 69.1 Å². The number of rotatable bonds is 9. The molecule has 4 heterocycles. The number of pyridine rings is 1. The van der Waals surface area contributed by atoms with E-state index in [1.54, 1.807) is 30.5 Å². The van der Waals surface area contributed by atoms with Gasteiger partial charge in [0, 0.05) is 16.2 Å². The molecule has 0 aliphatic carbocycles. The van der Waals surface area contributed by atoms with Gasteiger partial charge in [0.2, 0.25) is 10.0 Å². The van der Waals surface area contributed by atoms with Gasteiger partial charge in [-0.3, -0.25) is 0 Å². The van der Waals surface area contributed by atoms with E-state index in [9.17, 15) is 8.42 Å². The highest BCUT2D eigenvalue weighted by Gasteiger charge is 2.46. The summed E-state index contributed by atoms with van der Waals surface area (Å²) in [7, 11) is -2.09. The van der Waals surface area contributed by atoms with Crippen LogP contribution in [0.25, 0.3) is 21.6 Å². The van der Waals surface area contributed by atoms with Crippen LogP contribution in [0.1, 0.15) is 32.4 Å². The predicted octanol–water partition coefficient (Wildman–Crippen LogP) is 3.62. The van der Waals surface area contributed by atoms with E-state index >= 15 is 0 Å². The van der Waals surface area contributed by atoms with Crippen LogP contribution in [-0.2, 0) is 15.4 Å². The van der Waals surface area contributed by atoms with E-state index in [0.29, 0.717) is 23.6 Å². The van der Waals surface area contributed by atoms with Crippen molar-refractivity contribution < 1.29 is 17.7 Å². The van der Waals surface area contributed by atoms with E-state index < -0.39 is 10.0 Å². The van der Waals surface area contributed by atoms with Crippen molar-refractivity contribution in [2.75, 3.05) is 26.7 Å². The van der Waals surface area contributed by atoms with Gasteiger partial charge in [0.1, 0.15) is 10.3 Å². The maximum absolute atomic E-state index is 12.0. The molecule has 0 saturated carbocycles. The van der Waals surface area contributed by atoms with Crippen molar-refractivity contribution in [3.8, 4) is 16.5 Å². The van der Waals surface area contributed by atoms with Gasteiger partial charge >= 0.3 is 0 Å². The smallest absolute Gasteiger partial charge is 0.275 e. The number of nitrogens with one attached hydrogen (secondary N) is 2. The Morgan fingerprint density at radius 1 is 1.22 bits per heavy atom. The molecule has 196 valence electrons. The minimum atomic E-state index is -3.48. The van der Waals surface area contributed by atoms with Crippen LogP contribution in [0, 0.1) is 11.8 Å². The Morgan fingerprint density at radius 3 is 2.73 bits per heavy atom. The van der Waals surface area contributed by atoms with E-state index in [4.69, 9.17) is 14.2 Å². The minimum Gasteiger partial charge on any atom is -0.470 e. The molecule has 0 radical (unpaired) electrons. The van der Waals surface area contributed by atoms with Gasteiger partial charge in [-0.2, -0.15) is 0 Å². The third-order valence-electron chi connectivity index (χ3n) is 7.22. The van der Waals surface area contributed by atoms with Crippen LogP contribution in [0.3, 0.4) is 0 Å². The van der Waals surface area contributed by atoms with Crippen molar-refractivity contribution in [1.82, 2.24) is 30.4 Å². The maximum atomic E-state index is 12.0. The standard InChI is InChI=1S/C25H30N6O4S2/c1-16(2)19-14-27-12-10-25(19,22-15-28-31-35-22)11-13-34-24-30-21-9-8-20(29-23(21)36-24)17-4-6-18(7-5-17)37(32,33)26-3/h4-9,15-16,19,26-27H,10-14H2,1-3H3. The zero-order chi connectivity index (χ0) is 26.0. The number of fused-ring (bicyclic) bond motifs is 1. The lowest BCUT2D eigenvalue weighted by molar-refractivity contribution is 0.0902.